The van der Waals surface area contributed by atoms with Gasteiger partial charge in [-0.1, -0.05) is 41.9 Å². The number of hydrogen-bond acceptors (Lipinski definition) is 1. The molecule has 2 aromatic carbocycles. The Bertz CT molecular complexity index is 761. The van der Waals surface area contributed by atoms with Crippen molar-refractivity contribution in [3.8, 4) is 16.9 Å². The summed E-state index contributed by atoms with van der Waals surface area (Å²) >= 11 is 6.23. The van der Waals surface area contributed by atoms with E-state index < -0.39 is 5.82 Å². The Morgan fingerprint density at radius 3 is 2.44 bits per heavy atom. The Hall–Kier alpha value is -1.80. The molecule has 0 saturated heterocycles. The van der Waals surface area contributed by atoms with Crippen LogP contribution in [0.1, 0.15) is 44.6 Å². The van der Waals surface area contributed by atoms with Crippen LogP contribution in [0.15, 0.2) is 49.1 Å². The first-order chi connectivity index (χ1) is 13.1. The fourth-order valence-corrected chi connectivity index (χ4v) is 4.22. The zero-order valence-electron chi connectivity index (χ0n) is 16.0. The van der Waals surface area contributed by atoms with Crippen molar-refractivity contribution in [3.05, 3.63) is 65.5 Å². The molecule has 1 aliphatic rings. The van der Waals surface area contributed by atoms with Gasteiger partial charge in [0.25, 0.3) is 0 Å². The SMILES string of the molecule is C=CC1CCC(CCc2ccc(-c3ccc(OCC)c(F)c3Cl)cc2)CC1. The molecule has 0 heterocycles. The Morgan fingerprint density at radius 1 is 1.11 bits per heavy atom. The van der Waals surface area contributed by atoms with Crippen LogP contribution in [-0.2, 0) is 6.42 Å². The Kier molecular flexibility index (Phi) is 6.95. The summed E-state index contributed by atoms with van der Waals surface area (Å²) < 4.78 is 19.6. The van der Waals surface area contributed by atoms with E-state index in [1.54, 1.807) is 6.07 Å². The molecular weight excluding hydrogens is 359 g/mol. The van der Waals surface area contributed by atoms with Gasteiger partial charge < -0.3 is 4.74 Å². The second-order valence-corrected chi connectivity index (χ2v) is 7.80. The minimum atomic E-state index is -0.491. The van der Waals surface area contributed by atoms with E-state index in [0.717, 1.165) is 23.8 Å². The summed E-state index contributed by atoms with van der Waals surface area (Å²) in [6.45, 7) is 6.16. The van der Waals surface area contributed by atoms with Gasteiger partial charge in [-0.25, -0.2) is 4.39 Å². The van der Waals surface area contributed by atoms with Crippen LogP contribution in [0.3, 0.4) is 0 Å². The van der Waals surface area contributed by atoms with Gasteiger partial charge in [0, 0.05) is 5.56 Å². The number of halogens is 2. The lowest BCUT2D eigenvalue weighted by Crippen LogP contribution is -2.13. The van der Waals surface area contributed by atoms with E-state index in [2.05, 4.69) is 24.8 Å². The van der Waals surface area contributed by atoms with Gasteiger partial charge in [0.2, 0.25) is 0 Å². The van der Waals surface area contributed by atoms with E-state index in [9.17, 15) is 4.39 Å². The first kappa shape index (κ1) is 19.9. The number of benzene rings is 2. The van der Waals surface area contributed by atoms with Crippen molar-refractivity contribution in [2.24, 2.45) is 11.8 Å². The van der Waals surface area contributed by atoms with E-state index in [4.69, 9.17) is 16.3 Å². The van der Waals surface area contributed by atoms with Gasteiger partial charge in [-0.2, -0.15) is 0 Å². The molecule has 0 atom stereocenters. The average Bonchev–Trinajstić information content (AvgIpc) is 2.71. The third-order valence-electron chi connectivity index (χ3n) is 5.68. The van der Waals surface area contributed by atoms with Gasteiger partial charge in [-0.3, -0.25) is 0 Å². The smallest absolute Gasteiger partial charge is 0.184 e. The molecule has 0 bridgehead atoms. The molecule has 27 heavy (non-hydrogen) atoms. The topological polar surface area (TPSA) is 9.23 Å². The minimum absolute atomic E-state index is 0.118. The highest BCUT2D eigenvalue weighted by Gasteiger charge is 2.19. The highest BCUT2D eigenvalue weighted by Crippen LogP contribution is 2.35. The summed E-state index contributed by atoms with van der Waals surface area (Å²) in [5, 5.41) is 0.118. The lowest BCUT2D eigenvalue weighted by atomic mass is 9.79. The lowest BCUT2D eigenvalue weighted by molar-refractivity contribution is 0.296. The standard InChI is InChI=1S/C24H28ClFO/c1-3-17-5-7-18(8-6-17)9-10-19-11-13-20(14-12-19)21-15-16-22(27-4-2)24(26)23(21)25/h3,11-18H,1,4-10H2,2H3. The number of rotatable bonds is 7. The summed E-state index contributed by atoms with van der Waals surface area (Å²) in [5.74, 6) is 1.26. The monoisotopic (exact) mass is 386 g/mol. The van der Waals surface area contributed by atoms with Crippen LogP contribution in [0.25, 0.3) is 11.1 Å². The highest BCUT2D eigenvalue weighted by molar-refractivity contribution is 6.33. The van der Waals surface area contributed by atoms with Crippen LogP contribution in [-0.4, -0.2) is 6.61 Å². The van der Waals surface area contributed by atoms with Gasteiger partial charge >= 0.3 is 0 Å². The Balaban J connectivity index is 1.62. The van der Waals surface area contributed by atoms with Crippen LogP contribution in [0.5, 0.6) is 5.75 Å². The summed E-state index contributed by atoms with van der Waals surface area (Å²) in [6.07, 6.45) is 9.65. The van der Waals surface area contributed by atoms with Crippen LogP contribution < -0.4 is 4.74 Å². The maximum Gasteiger partial charge on any atom is 0.184 e. The molecule has 0 amide bonds. The number of hydrogen-bond donors (Lipinski definition) is 0. The molecule has 0 unspecified atom stereocenters. The van der Waals surface area contributed by atoms with Gasteiger partial charge in [0.1, 0.15) is 0 Å². The molecule has 1 aliphatic carbocycles. The van der Waals surface area contributed by atoms with Crippen molar-refractivity contribution in [1.29, 1.82) is 0 Å². The molecular formula is C24H28ClFO. The zero-order valence-corrected chi connectivity index (χ0v) is 16.8. The first-order valence-electron chi connectivity index (χ1n) is 9.95. The summed E-state index contributed by atoms with van der Waals surface area (Å²) in [7, 11) is 0. The molecule has 0 radical (unpaired) electrons. The van der Waals surface area contributed by atoms with E-state index >= 15 is 0 Å². The molecule has 0 N–H and O–H groups in total. The van der Waals surface area contributed by atoms with Gasteiger partial charge in [0.05, 0.1) is 11.6 Å². The fraction of sp³-hybridized carbons (Fsp3) is 0.417. The first-order valence-corrected chi connectivity index (χ1v) is 10.3. The Labute approximate surface area is 167 Å². The van der Waals surface area contributed by atoms with Crippen LogP contribution >= 0.6 is 11.6 Å². The number of ether oxygens (including phenoxy) is 1. The van der Waals surface area contributed by atoms with Crippen molar-refractivity contribution in [3.63, 3.8) is 0 Å². The molecule has 0 aromatic heterocycles. The highest BCUT2D eigenvalue weighted by atomic mass is 35.5. The molecule has 2 aromatic rings. The second-order valence-electron chi connectivity index (χ2n) is 7.42. The van der Waals surface area contributed by atoms with E-state index in [0.29, 0.717) is 12.2 Å². The quantitative estimate of drug-likeness (QED) is 0.448. The lowest BCUT2D eigenvalue weighted by Gasteiger charge is -2.26. The molecule has 144 valence electrons. The van der Waals surface area contributed by atoms with Gasteiger partial charge in [-0.05, 0) is 80.5 Å². The van der Waals surface area contributed by atoms with E-state index in [1.807, 2.05) is 25.1 Å². The molecule has 1 saturated carbocycles. The number of allylic oxidation sites excluding steroid dienone is 1. The zero-order chi connectivity index (χ0) is 19.2. The van der Waals surface area contributed by atoms with E-state index in [1.165, 1.54) is 37.7 Å². The third kappa shape index (κ3) is 4.93. The van der Waals surface area contributed by atoms with Crippen molar-refractivity contribution >= 4 is 11.6 Å². The summed E-state index contributed by atoms with van der Waals surface area (Å²) in [6, 6.07) is 11.8. The predicted molar refractivity (Wildman–Crippen MR) is 112 cm³/mol. The van der Waals surface area contributed by atoms with Crippen LogP contribution in [0, 0.1) is 17.7 Å². The molecule has 1 fully saturated rings. The van der Waals surface area contributed by atoms with E-state index in [-0.39, 0.29) is 10.8 Å². The molecule has 3 rings (SSSR count). The fourth-order valence-electron chi connectivity index (χ4n) is 3.96. The number of aryl methyl sites for hydroxylation is 1. The maximum absolute atomic E-state index is 14.3. The van der Waals surface area contributed by atoms with Gasteiger partial charge in [0.15, 0.2) is 11.6 Å². The van der Waals surface area contributed by atoms with Crippen molar-refractivity contribution in [1.82, 2.24) is 0 Å². The van der Waals surface area contributed by atoms with Crippen LogP contribution in [0.2, 0.25) is 5.02 Å². The van der Waals surface area contributed by atoms with Crippen molar-refractivity contribution in [2.45, 2.75) is 45.4 Å². The molecule has 3 heteroatoms. The van der Waals surface area contributed by atoms with Gasteiger partial charge in [-0.15, -0.1) is 6.58 Å². The molecule has 1 nitrogen and oxygen atoms in total. The third-order valence-corrected chi connectivity index (χ3v) is 6.05. The van der Waals surface area contributed by atoms with Crippen molar-refractivity contribution < 1.29 is 9.13 Å². The Morgan fingerprint density at radius 2 is 1.81 bits per heavy atom. The molecule has 0 aliphatic heterocycles. The summed E-state index contributed by atoms with van der Waals surface area (Å²) in [5.41, 5.74) is 2.95. The van der Waals surface area contributed by atoms with Crippen LogP contribution in [0.4, 0.5) is 4.39 Å². The maximum atomic E-state index is 14.3. The minimum Gasteiger partial charge on any atom is -0.491 e. The predicted octanol–water partition coefficient (Wildman–Crippen LogP) is 7.47. The van der Waals surface area contributed by atoms with Crippen molar-refractivity contribution in [2.75, 3.05) is 6.61 Å². The second kappa shape index (κ2) is 9.41. The largest absolute Gasteiger partial charge is 0.491 e. The normalized spacial score (nSPS) is 19.7. The average molecular weight is 387 g/mol. The summed E-state index contributed by atoms with van der Waals surface area (Å²) in [4.78, 5) is 0. The molecule has 0 spiro atoms.